The van der Waals surface area contributed by atoms with Crippen molar-refractivity contribution in [3.05, 3.63) is 36.0 Å². The molecule has 1 spiro atoms. The van der Waals surface area contributed by atoms with Crippen LogP contribution >= 0.6 is 0 Å². The summed E-state index contributed by atoms with van der Waals surface area (Å²) in [6.45, 7) is 3.73. The van der Waals surface area contributed by atoms with Gasteiger partial charge in [-0.05, 0) is 19.4 Å². The predicted molar refractivity (Wildman–Crippen MR) is 86.6 cm³/mol. The second-order valence-corrected chi connectivity index (χ2v) is 6.90. The molecule has 0 unspecified atom stereocenters. The van der Waals surface area contributed by atoms with E-state index in [1.165, 1.54) is 6.26 Å². The largest absolute Gasteiger partial charge is 0.469 e. The molecule has 2 fully saturated rings. The Hall–Kier alpha value is -2.57. The first-order chi connectivity index (χ1) is 11.5. The van der Waals surface area contributed by atoms with Crippen molar-refractivity contribution in [2.24, 2.45) is 12.5 Å². The molecule has 7 nitrogen and oxygen atoms in total. The number of carbonyl (C=O) groups excluding carboxylic acids is 2. The van der Waals surface area contributed by atoms with Crippen LogP contribution in [-0.2, 0) is 11.8 Å². The minimum absolute atomic E-state index is 0.00889. The van der Waals surface area contributed by atoms with Crippen LogP contribution in [0.1, 0.15) is 29.0 Å². The van der Waals surface area contributed by atoms with Crippen molar-refractivity contribution in [3.8, 4) is 0 Å². The molecule has 1 atom stereocenters. The fraction of sp³-hybridized carbons (Fsp3) is 0.471. The highest BCUT2D eigenvalue weighted by molar-refractivity contribution is 5.97. The molecular weight excluding hydrogens is 308 g/mol. The van der Waals surface area contributed by atoms with Gasteiger partial charge in [0.15, 0.2) is 0 Å². The van der Waals surface area contributed by atoms with Gasteiger partial charge in [0.2, 0.25) is 5.91 Å². The van der Waals surface area contributed by atoms with Crippen LogP contribution in [-0.4, -0.2) is 46.1 Å². The standard InChI is InChI=1S/C17H20N4O3/c1-12-14(3-6-24-12)16(23)20-5-4-17(10-20)7-15(22)21(11-17)13-8-18-19(2)9-13/h3,6,8-9H,4-5,7,10-11H2,1-2H3/t17-/m1/s1. The van der Waals surface area contributed by atoms with E-state index in [0.717, 1.165) is 12.1 Å². The summed E-state index contributed by atoms with van der Waals surface area (Å²) in [4.78, 5) is 28.8. The molecule has 0 radical (unpaired) electrons. The highest BCUT2D eigenvalue weighted by Crippen LogP contribution is 2.42. The fourth-order valence-corrected chi connectivity index (χ4v) is 3.84. The normalized spacial score (nSPS) is 23.7. The van der Waals surface area contributed by atoms with Gasteiger partial charge in [-0.25, -0.2) is 0 Å². The van der Waals surface area contributed by atoms with Crippen LogP contribution in [0.15, 0.2) is 29.1 Å². The second kappa shape index (κ2) is 5.22. The molecule has 0 N–H and O–H groups in total. The Bertz CT molecular complexity index is 808. The Morgan fingerprint density at radius 2 is 2.21 bits per heavy atom. The zero-order valence-electron chi connectivity index (χ0n) is 13.9. The number of aryl methyl sites for hydroxylation is 2. The van der Waals surface area contributed by atoms with Crippen molar-refractivity contribution in [2.45, 2.75) is 19.8 Å². The van der Waals surface area contributed by atoms with Crippen LogP contribution in [0.3, 0.4) is 0 Å². The number of aromatic nitrogens is 2. The summed E-state index contributed by atoms with van der Waals surface area (Å²) in [5.41, 5.74) is 1.29. The molecule has 2 aliphatic rings. The number of rotatable bonds is 2. The molecule has 2 aromatic rings. The first-order valence-electron chi connectivity index (χ1n) is 8.10. The van der Waals surface area contributed by atoms with Gasteiger partial charge in [-0.1, -0.05) is 0 Å². The zero-order valence-corrected chi connectivity index (χ0v) is 13.9. The molecule has 4 heterocycles. The van der Waals surface area contributed by atoms with Gasteiger partial charge in [-0.2, -0.15) is 5.10 Å². The zero-order chi connectivity index (χ0) is 16.9. The van der Waals surface area contributed by atoms with Gasteiger partial charge in [0, 0.05) is 44.7 Å². The van der Waals surface area contributed by atoms with Gasteiger partial charge in [-0.15, -0.1) is 0 Å². The molecule has 0 aromatic carbocycles. The molecule has 2 aromatic heterocycles. The Balaban J connectivity index is 1.51. The van der Waals surface area contributed by atoms with Crippen molar-refractivity contribution >= 4 is 17.5 Å². The number of likely N-dealkylation sites (tertiary alicyclic amines) is 1. The van der Waals surface area contributed by atoms with Gasteiger partial charge in [-0.3, -0.25) is 14.3 Å². The topological polar surface area (TPSA) is 71.6 Å². The summed E-state index contributed by atoms with van der Waals surface area (Å²) in [6.07, 6.45) is 6.43. The molecule has 4 rings (SSSR count). The number of furan rings is 1. The van der Waals surface area contributed by atoms with Crippen molar-refractivity contribution in [1.29, 1.82) is 0 Å². The van der Waals surface area contributed by atoms with Gasteiger partial charge in [0.1, 0.15) is 5.76 Å². The summed E-state index contributed by atoms with van der Waals surface area (Å²) in [5.74, 6) is 0.739. The predicted octanol–water partition coefficient (Wildman–Crippen LogP) is 1.59. The highest BCUT2D eigenvalue weighted by atomic mass is 16.3. The van der Waals surface area contributed by atoms with E-state index in [0.29, 0.717) is 37.4 Å². The number of amides is 2. The average molecular weight is 328 g/mol. The average Bonchev–Trinajstić information content (AvgIpc) is 3.29. The molecule has 2 amide bonds. The van der Waals surface area contributed by atoms with Crippen LogP contribution in [0.5, 0.6) is 0 Å². The number of nitrogens with zero attached hydrogens (tertiary/aromatic N) is 4. The van der Waals surface area contributed by atoms with Gasteiger partial charge in [0.25, 0.3) is 5.91 Å². The SMILES string of the molecule is Cc1occc1C(=O)N1CC[C@@]2(CC(=O)N(c3cnn(C)c3)C2)C1. The molecule has 0 aliphatic carbocycles. The molecule has 24 heavy (non-hydrogen) atoms. The van der Waals surface area contributed by atoms with Crippen molar-refractivity contribution in [3.63, 3.8) is 0 Å². The third kappa shape index (κ3) is 2.31. The summed E-state index contributed by atoms with van der Waals surface area (Å²) >= 11 is 0. The molecule has 7 heteroatoms. The van der Waals surface area contributed by atoms with Gasteiger partial charge < -0.3 is 14.2 Å². The van der Waals surface area contributed by atoms with Gasteiger partial charge in [0.05, 0.1) is 23.7 Å². The second-order valence-electron chi connectivity index (χ2n) is 6.90. The van der Waals surface area contributed by atoms with Crippen LogP contribution in [0, 0.1) is 12.3 Å². The van der Waals surface area contributed by atoms with Crippen LogP contribution in [0.25, 0.3) is 0 Å². The van der Waals surface area contributed by atoms with E-state index in [-0.39, 0.29) is 17.2 Å². The minimum atomic E-state index is -0.153. The van der Waals surface area contributed by atoms with E-state index in [2.05, 4.69) is 5.10 Å². The van der Waals surface area contributed by atoms with Crippen molar-refractivity contribution in [1.82, 2.24) is 14.7 Å². The summed E-state index contributed by atoms with van der Waals surface area (Å²) in [5, 5.41) is 4.15. The summed E-state index contributed by atoms with van der Waals surface area (Å²) in [7, 11) is 1.84. The molecule has 2 saturated heterocycles. The Morgan fingerprint density at radius 1 is 1.38 bits per heavy atom. The molecule has 0 bridgehead atoms. The quantitative estimate of drug-likeness (QED) is 0.839. The van der Waals surface area contributed by atoms with E-state index in [1.54, 1.807) is 28.8 Å². The third-order valence-electron chi connectivity index (χ3n) is 5.14. The lowest BCUT2D eigenvalue weighted by Gasteiger charge is -2.23. The number of hydrogen-bond acceptors (Lipinski definition) is 4. The maximum Gasteiger partial charge on any atom is 0.257 e. The highest BCUT2D eigenvalue weighted by Gasteiger charge is 2.49. The molecule has 0 saturated carbocycles. The minimum Gasteiger partial charge on any atom is -0.469 e. The van der Waals surface area contributed by atoms with Crippen molar-refractivity contribution < 1.29 is 14.0 Å². The lowest BCUT2D eigenvalue weighted by molar-refractivity contribution is -0.117. The Labute approximate surface area is 139 Å². The number of carbonyl (C=O) groups is 2. The van der Waals surface area contributed by atoms with Crippen LogP contribution < -0.4 is 4.90 Å². The van der Waals surface area contributed by atoms with Crippen LogP contribution in [0.4, 0.5) is 5.69 Å². The van der Waals surface area contributed by atoms with Gasteiger partial charge >= 0.3 is 0 Å². The summed E-state index contributed by atoms with van der Waals surface area (Å²) < 4.78 is 6.93. The van der Waals surface area contributed by atoms with E-state index >= 15 is 0 Å². The Kier molecular flexibility index (Phi) is 3.26. The van der Waals surface area contributed by atoms with E-state index in [9.17, 15) is 9.59 Å². The molecule has 126 valence electrons. The van der Waals surface area contributed by atoms with E-state index < -0.39 is 0 Å². The smallest absolute Gasteiger partial charge is 0.257 e. The summed E-state index contributed by atoms with van der Waals surface area (Å²) in [6, 6.07) is 1.71. The van der Waals surface area contributed by atoms with E-state index in [4.69, 9.17) is 4.42 Å². The van der Waals surface area contributed by atoms with Crippen molar-refractivity contribution in [2.75, 3.05) is 24.5 Å². The number of hydrogen-bond donors (Lipinski definition) is 0. The monoisotopic (exact) mass is 328 g/mol. The maximum atomic E-state index is 12.7. The lowest BCUT2D eigenvalue weighted by Crippen LogP contribution is -2.34. The molecule has 2 aliphatic heterocycles. The van der Waals surface area contributed by atoms with E-state index in [1.807, 2.05) is 18.1 Å². The lowest BCUT2D eigenvalue weighted by atomic mass is 9.86. The third-order valence-corrected chi connectivity index (χ3v) is 5.14. The molecular formula is C17H20N4O3. The maximum absolute atomic E-state index is 12.7. The first-order valence-corrected chi connectivity index (χ1v) is 8.10. The fourth-order valence-electron chi connectivity index (χ4n) is 3.84. The first kappa shape index (κ1) is 15.0. The number of anilines is 1. The van der Waals surface area contributed by atoms with Crippen LogP contribution in [0.2, 0.25) is 0 Å². The Morgan fingerprint density at radius 3 is 2.88 bits per heavy atom.